The maximum Gasteiger partial charge on any atom is 0.138 e. The molecule has 18 heavy (non-hydrogen) atoms. The summed E-state index contributed by atoms with van der Waals surface area (Å²) >= 11 is 0. The minimum absolute atomic E-state index is 0.411. The lowest BCUT2D eigenvalue weighted by Gasteiger charge is -2.37. The second-order valence-corrected chi connectivity index (χ2v) is 5.71. The molecule has 1 aromatic heterocycles. The highest BCUT2D eigenvalue weighted by molar-refractivity contribution is 4.96. The molecule has 0 amide bonds. The summed E-state index contributed by atoms with van der Waals surface area (Å²) in [7, 11) is 2.00. The molecule has 0 saturated heterocycles. The normalized spacial score (nSPS) is 19.0. The van der Waals surface area contributed by atoms with E-state index < -0.39 is 0 Å². The van der Waals surface area contributed by atoms with E-state index in [4.69, 9.17) is 0 Å². The van der Waals surface area contributed by atoms with Crippen LogP contribution in [0.4, 0.5) is 0 Å². The van der Waals surface area contributed by atoms with E-state index in [1.54, 1.807) is 6.33 Å². The van der Waals surface area contributed by atoms with Gasteiger partial charge in [0.1, 0.15) is 12.2 Å². The van der Waals surface area contributed by atoms with E-state index in [1.165, 1.54) is 38.5 Å². The second kappa shape index (κ2) is 6.32. The Morgan fingerprint density at radius 3 is 2.72 bits per heavy atom. The van der Waals surface area contributed by atoms with Gasteiger partial charge >= 0.3 is 0 Å². The summed E-state index contributed by atoms with van der Waals surface area (Å²) in [5, 5.41) is 7.81. The van der Waals surface area contributed by atoms with Crippen LogP contribution in [-0.2, 0) is 13.5 Å². The highest BCUT2D eigenvalue weighted by Crippen LogP contribution is 2.38. The van der Waals surface area contributed by atoms with Crippen molar-refractivity contribution in [2.24, 2.45) is 12.5 Å². The smallest absolute Gasteiger partial charge is 0.138 e. The summed E-state index contributed by atoms with van der Waals surface area (Å²) in [5.41, 5.74) is 0.411. The Bertz CT molecular complexity index is 352. The Labute approximate surface area is 110 Å². The summed E-state index contributed by atoms with van der Waals surface area (Å²) < 4.78 is 1.93. The molecule has 1 saturated carbocycles. The number of aryl methyl sites for hydroxylation is 1. The molecule has 1 fully saturated rings. The van der Waals surface area contributed by atoms with Gasteiger partial charge in [0, 0.05) is 20.0 Å². The van der Waals surface area contributed by atoms with Crippen molar-refractivity contribution in [3.8, 4) is 0 Å². The van der Waals surface area contributed by atoms with Gasteiger partial charge < -0.3 is 5.32 Å². The standard InChI is InChI=1S/C14H26N4/c1-3-9-15-11-14(7-5-4-6-8-14)10-13-16-12-17-18(13)2/h12,15H,3-11H2,1-2H3. The second-order valence-electron chi connectivity index (χ2n) is 5.71. The van der Waals surface area contributed by atoms with Crippen molar-refractivity contribution in [1.29, 1.82) is 0 Å². The van der Waals surface area contributed by atoms with Gasteiger partial charge in [-0.3, -0.25) is 4.68 Å². The number of hydrogen-bond donors (Lipinski definition) is 1. The number of nitrogens with zero attached hydrogens (tertiary/aromatic N) is 3. The van der Waals surface area contributed by atoms with Crippen molar-refractivity contribution in [3.63, 3.8) is 0 Å². The molecular weight excluding hydrogens is 224 g/mol. The Hall–Kier alpha value is -0.900. The van der Waals surface area contributed by atoms with Gasteiger partial charge in [0.05, 0.1) is 0 Å². The lowest BCUT2D eigenvalue weighted by atomic mass is 9.71. The van der Waals surface area contributed by atoms with Crippen LogP contribution in [0.15, 0.2) is 6.33 Å². The molecule has 1 N–H and O–H groups in total. The highest BCUT2D eigenvalue weighted by Gasteiger charge is 2.33. The van der Waals surface area contributed by atoms with Gasteiger partial charge in [-0.2, -0.15) is 5.10 Å². The fourth-order valence-corrected chi connectivity index (χ4v) is 3.06. The zero-order valence-corrected chi connectivity index (χ0v) is 11.8. The summed E-state index contributed by atoms with van der Waals surface area (Å²) in [6.07, 6.45) is 10.7. The van der Waals surface area contributed by atoms with Crippen LogP contribution in [0, 0.1) is 5.41 Å². The monoisotopic (exact) mass is 250 g/mol. The zero-order valence-electron chi connectivity index (χ0n) is 11.8. The number of aromatic nitrogens is 3. The molecular formula is C14H26N4. The molecule has 0 unspecified atom stereocenters. The molecule has 0 spiro atoms. The average molecular weight is 250 g/mol. The molecule has 0 atom stereocenters. The van der Waals surface area contributed by atoms with Crippen LogP contribution in [0.3, 0.4) is 0 Å². The molecule has 0 aromatic carbocycles. The van der Waals surface area contributed by atoms with Crippen LogP contribution in [0.5, 0.6) is 0 Å². The van der Waals surface area contributed by atoms with E-state index in [2.05, 4.69) is 22.3 Å². The van der Waals surface area contributed by atoms with E-state index >= 15 is 0 Å². The summed E-state index contributed by atoms with van der Waals surface area (Å²) in [6, 6.07) is 0. The Morgan fingerprint density at radius 2 is 2.11 bits per heavy atom. The molecule has 1 aliphatic carbocycles. The number of nitrogens with one attached hydrogen (secondary N) is 1. The summed E-state index contributed by atoms with van der Waals surface area (Å²) in [4.78, 5) is 4.41. The summed E-state index contributed by atoms with van der Waals surface area (Å²) in [5.74, 6) is 1.13. The van der Waals surface area contributed by atoms with Crippen LogP contribution >= 0.6 is 0 Å². The van der Waals surface area contributed by atoms with E-state index in [9.17, 15) is 0 Å². The largest absolute Gasteiger partial charge is 0.316 e. The van der Waals surface area contributed by atoms with Crippen molar-refractivity contribution >= 4 is 0 Å². The van der Waals surface area contributed by atoms with E-state index in [-0.39, 0.29) is 0 Å². The first-order valence-electron chi connectivity index (χ1n) is 7.29. The van der Waals surface area contributed by atoms with Crippen LogP contribution < -0.4 is 5.32 Å². The molecule has 2 rings (SSSR count). The van der Waals surface area contributed by atoms with Crippen molar-refractivity contribution in [3.05, 3.63) is 12.2 Å². The molecule has 4 heteroatoms. The van der Waals surface area contributed by atoms with Crippen molar-refractivity contribution < 1.29 is 0 Å². The number of hydrogen-bond acceptors (Lipinski definition) is 3. The Morgan fingerprint density at radius 1 is 1.33 bits per heavy atom. The molecule has 1 aromatic rings. The van der Waals surface area contributed by atoms with Crippen molar-refractivity contribution in [2.75, 3.05) is 13.1 Å². The first kappa shape index (κ1) is 13.5. The van der Waals surface area contributed by atoms with Crippen LogP contribution in [0.1, 0.15) is 51.3 Å². The minimum Gasteiger partial charge on any atom is -0.316 e. The molecule has 0 radical (unpaired) electrons. The molecule has 1 heterocycles. The van der Waals surface area contributed by atoms with Gasteiger partial charge in [-0.15, -0.1) is 0 Å². The quantitative estimate of drug-likeness (QED) is 0.788. The third-order valence-corrected chi connectivity index (χ3v) is 4.18. The Balaban J connectivity index is 2.01. The van der Waals surface area contributed by atoms with Crippen LogP contribution in [0.2, 0.25) is 0 Å². The van der Waals surface area contributed by atoms with Crippen LogP contribution in [0.25, 0.3) is 0 Å². The maximum atomic E-state index is 4.41. The predicted molar refractivity (Wildman–Crippen MR) is 73.4 cm³/mol. The fraction of sp³-hybridized carbons (Fsp3) is 0.857. The first-order chi connectivity index (χ1) is 8.76. The van der Waals surface area contributed by atoms with Gasteiger partial charge in [-0.1, -0.05) is 26.2 Å². The maximum absolute atomic E-state index is 4.41. The van der Waals surface area contributed by atoms with Gasteiger partial charge in [-0.25, -0.2) is 4.98 Å². The molecule has 0 aliphatic heterocycles. The van der Waals surface area contributed by atoms with Crippen LogP contribution in [-0.4, -0.2) is 27.9 Å². The van der Waals surface area contributed by atoms with Gasteiger partial charge in [-0.05, 0) is 31.2 Å². The summed E-state index contributed by atoms with van der Waals surface area (Å²) in [6.45, 7) is 4.48. The molecule has 4 nitrogen and oxygen atoms in total. The highest BCUT2D eigenvalue weighted by atomic mass is 15.3. The third kappa shape index (κ3) is 3.31. The van der Waals surface area contributed by atoms with Crippen molar-refractivity contribution in [2.45, 2.75) is 51.9 Å². The molecule has 0 bridgehead atoms. The van der Waals surface area contributed by atoms with E-state index in [1.807, 2.05) is 11.7 Å². The average Bonchev–Trinajstić information content (AvgIpc) is 2.76. The van der Waals surface area contributed by atoms with Gasteiger partial charge in [0.2, 0.25) is 0 Å². The van der Waals surface area contributed by atoms with E-state index in [0.29, 0.717) is 5.41 Å². The molecule has 1 aliphatic rings. The zero-order chi connectivity index (χ0) is 12.8. The third-order valence-electron chi connectivity index (χ3n) is 4.18. The van der Waals surface area contributed by atoms with Gasteiger partial charge in [0.15, 0.2) is 0 Å². The Kier molecular flexibility index (Phi) is 4.75. The first-order valence-corrected chi connectivity index (χ1v) is 7.29. The lowest BCUT2D eigenvalue weighted by molar-refractivity contribution is 0.176. The molecule has 102 valence electrons. The lowest BCUT2D eigenvalue weighted by Crippen LogP contribution is -2.39. The fourth-order valence-electron chi connectivity index (χ4n) is 3.06. The van der Waals surface area contributed by atoms with Crippen molar-refractivity contribution in [1.82, 2.24) is 20.1 Å². The van der Waals surface area contributed by atoms with Gasteiger partial charge in [0.25, 0.3) is 0 Å². The van der Waals surface area contributed by atoms with E-state index in [0.717, 1.165) is 25.3 Å². The predicted octanol–water partition coefficient (Wildman–Crippen LogP) is 2.31. The number of rotatable bonds is 6. The SMILES string of the molecule is CCCNCC1(Cc2ncnn2C)CCCCC1. The topological polar surface area (TPSA) is 42.7 Å². The minimum atomic E-state index is 0.411.